The number of piperidine rings is 1. The first-order chi connectivity index (χ1) is 9.15. The SMILES string of the molecule is CN1CCC[C@H](CCNc2cncc(C(N)=O)n2)C1. The first-order valence-corrected chi connectivity index (χ1v) is 6.69. The van der Waals surface area contributed by atoms with E-state index in [1.807, 2.05) is 0 Å². The number of nitrogens with zero attached hydrogens (tertiary/aromatic N) is 3. The number of nitrogens with two attached hydrogens (primary N) is 1. The Bertz CT molecular complexity index is 437. The van der Waals surface area contributed by atoms with E-state index in [0.29, 0.717) is 5.82 Å². The summed E-state index contributed by atoms with van der Waals surface area (Å²) in [5.74, 6) is 0.795. The molecule has 1 aliphatic heterocycles. The minimum Gasteiger partial charge on any atom is -0.369 e. The normalized spacial score (nSPS) is 20.2. The van der Waals surface area contributed by atoms with Gasteiger partial charge in [0.15, 0.2) is 0 Å². The van der Waals surface area contributed by atoms with E-state index >= 15 is 0 Å². The van der Waals surface area contributed by atoms with Gasteiger partial charge in [0.2, 0.25) is 0 Å². The van der Waals surface area contributed by atoms with Crippen LogP contribution in [-0.2, 0) is 0 Å². The summed E-state index contributed by atoms with van der Waals surface area (Å²) in [6.45, 7) is 3.21. The van der Waals surface area contributed by atoms with E-state index in [0.717, 1.165) is 25.4 Å². The molecule has 1 amide bonds. The van der Waals surface area contributed by atoms with E-state index in [1.54, 1.807) is 6.20 Å². The Hall–Kier alpha value is -1.69. The highest BCUT2D eigenvalue weighted by molar-refractivity contribution is 5.90. The number of hydrogen-bond acceptors (Lipinski definition) is 5. The Balaban J connectivity index is 1.79. The van der Waals surface area contributed by atoms with Gasteiger partial charge in [-0.15, -0.1) is 0 Å². The Morgan fingerprint density at radius 2 is 2.42 bits per heavy atom. The fourth-order valence-corrected chi connectivity index (χ4v) is 2.48. The molecule has 1 saturated heterocycles. The van der Waals surface area contributed by atoms with Gasteiger partial charge in [-0.25, -0.2) is 4.98 Å². The van der Waals surface area contributed by atoms with Crippen molar-refractivity contribution in [1.29, 1.82) is 0 Å². The van der Waals surface area contributed by atoms with Crippen molar-refractivity contribution in [2.45, 2.75) is 19.3 Å². The maximum atomic E-state index is 11.0. The number of carbonyl (C=O) groups is 1. The smallest absolute Gasteiger partial charge is 0.268 e. The van der Waals surface area contributed by atoms with Crippen LogP contribution in [0.3, 0.4) is 0 Å². The predicted molar refractivity (Wildman–Crippen MR) is 73.9 cm³/mol. The molecule has 19 heavy (non-hydrogen) atoms. The molecule has 104 valence electrons. The molecule has 0 aliphatic carbocycles. The lowest BCUT2D eigenvalue weighted by Gasteiger charge is -2.29. The van der Waals surface area contributed by atoms with Gasteiger partial charge >= 0.3 is 0 Å². The molecule has 3 N–H and O–H groups in total. The molecule has 1 aliphatic rings. The first-order valence-electron chi connectivity index (χ1n) is 6.69. The van der Waals surface area contributed by atoms with Crippen molar-refractivity contribution in [2.75, 3.05) is 32.0 Å². The van der Waals surface area contributed by atoms with E-state index in [9.17, 15) is 4.79 Å². The second-order valence-electron chi connectivity index (χ2n) is 5.14. The molecule has 2 rings (SSSR count). The molecule has 2 heterocycles. The van der Waals surface area contributed by atoms with E-state index in [4.69, 9.17) is 5.73 Å². The summed E-state index contributed by atoms with van der Waals surface area (Å²) in [4.78, 5) is 21.4. The lowest BCUT2D eigenvalue weighted by molar-refractivity contribution is 0.0995. The van der Waals surface area contributed by atoms with E-state index < -0.39 is 5.91 Å². The van der Waals surface area contributed by atoms with E-state index in [1.165, 1.54) is 25.6 Å². The third-order valence-electron chi connectivity index (χ3n) is 3.47. The topological polar surface area (TPSA) is 84.1 Å². The van der Waals surface area contributed by atoms with Crippen molar-refractivity contribution < 1.29 is 4.79 Å². The third-order valence-corrected chi connectivity index (χ3v) is 3.47. The van der Waals surface area contributed by atoms with Gasteiger partial charge in [-0.2, -0.15) is 0 Å². The van der Waals surface area contributed by atoms with Crippen LogP contribution in [0.4, 0.5) is 5.82 Å². The number of anilines is 1. The highest BCUT2D eigenvalue weighted by atomic mass is 16.1. The second kappa shape index (κ2) is 6.47. The first kappa shape index (κ1) is 13.7. The number of hydrogen-bond donors (Lipinski definition) is 2. The van der Waals surface area contributed by atoms with Gasteiger partial charge in [0.25, 0.3) is 5.91 Å². The molecule has 0 saturated carbocycles. The quantitative estimate of drug-likeness (QED) is 0.817. The van der Waals surface area contributed by atoms with Crippen molar-refractivity contribution in [3.63, 3.8) is 0 Å². The standard InChI is InChI=1S/C13H21N5O/c1-18-6-2-3-10(9-18)4-5-16-12-8-15-7-11(17-12)13(14)19/h7-8,10H,2-6,9H2,1H3,(H2,14,19)(H,16,17)/t10-/m1/s1. The highest BCUT2D eigenvalue weighted by Gasteiger charge is 2.16. The molecular weight excluding hydrogens is 242 g/mol. The van der Waals surface area contributed by atoms with Crippen LogP contribution in [0.1, 0.15) is 29.8 Å². The lowest BCUT2D eigenvalue weighted by atomic mass is 9.95. The fraction of sp³-hybridized carbons (Fsp3) is 0.615. The molecule has 1 fully saturated rings. The van der Waals surface area contributed by atoms with Crippen LogP contribution in [-0.4, -0.2) is 47.5 Å². The van der Waals surface area contributed by atoms with Crippen LogP contribution in [0, 0.1) is 5.92 Å². The minimum absolute atomic E-state index is 0.197. The summed E-state index contributed by atoms with van der Waals surface area (Å²) in [6.07, 6.45) is 6.66. The number of primary amides is 1. The molecule has 1 atom stereocenters. The van der Waals surface area contributed by atoms with Gasteiger partial charge in [0.1, 0.15) is 11.5 Å². The zero-order valence-electron chi connectivity index (χ0n) is 11.3. The number of nitrogens with one attached hydrogen (secondary N) is 1. The average molecular weight is 263 g/mol. The summed E-state index contributed by atoms with van der Waals surface area (Å²) in [6, 6.07) is 0. The molecule has 0 radical (unpaired) electrons. The Labute approximate surface area is 113 Å². The Morgan fingerprint density at radius 1 is 1.58 bits per heavy atom. The molecule has 0 bridgehead atoms. The van der Waals surface area contributed by atoms with Crippen molar-refractivity contribution in [2.24, 2.45) is 11.7 Å². The molecule has 0 aromatic carbocycles. The summed E-state index contributed by atoms with van der Waals surface area (Å²) < 4.78 is 0. The van der Waals surface area contributed by atoms with Crippen LogP contribution in [0.2, 0.25) is 0 Å². The molecular formula is C13H21N5O. The van der Waals surface area contributed by atoms with Crippen molar-refractivity contribution in [1.82, 2.24) is 14.9 Å². The van der Waals surface area contributed by atoms with Gasteiger partial charge in [-0.3, -0.25) is 9.78 Å². The van der Waals surface area contributed by atoms with Gasteiger partial charge in [0, 0.05) is 13.1 Å². The zero-order chi connectivity index (χ0) is 13.7. The van der Waals surface area contributed by atoms with Gasteiger partial charge in [0.05, 0.1) is 12.4 Å². The van der Waals surface area contributed by atoms with Crippen LogP contribution >= 0.6 is 0 Å². The number of rotatable bonds is 5. The average Bonchev–Trinajstić information content (AvgIpc) is 2.39. The summed E-state index contributed by atoms with van der Waals surface area (Å²) in [5.41, 5.74) is 5.37. The highest BCUT2D eigenvalue weighted by Crippen LogP contribution is 2.18. The molecule has 1 aromatic rings. The van der Waals surface area contributed by atoms with Gasteiger partial charge in [-0.1, -0.05) is 0 Å². The number of amides is 1. The predicted octanol–water partition coefficient (Wildman–Crippen LogP) is 0.719. The monoisotopic (exact) mass is 263 g/mol. The number of likely N-dealkylation sites (tertiary alicyclic amines) is 1. The molecule has 0 unspecified atom stereocenters. The minimum atomic E-state index is -0.551. The Kier molecular flexibility index (Phi) is 4.68. The molecule has 6 nitrogen and oxygen atoms in total. The van der Waals surface area contributed by atoms with E-state index in [2.05, 4.69) is 27.2 Å². The largest absolute Gasteiger partial charge is 0.369 e. The summed E-state index contributed by atoms with van der Waals surface area (Å²) in [5, 5.41) is 3.20. The number of aromatic nitrogens is 2. The summed E-state index contributed by atoms with van der Waals surface area (Å²) >= 11 is 0. The van der Waals surface area contributed by atoms with Crippen molar-refractivity contribution >= 4 is 11.7 Å². The third kappa shape index (κ3) is 4.17. The lowest BCUT2D eigenvalue weighted by Crippen LogP contribution is -2.32. The van der Waals surface area contributed by atoms with Crippen LogP contribution in [0.15, 0.2) is 12.4 Å². The maximum Gasteiger partial charge on any atom is 0.268 e. The molecule has 6 heteroatoms. The van der Waals surface area contributed by atoms with Crippen LogP contribution < -0.4 is 11.1 Å². The maximum absolute atomic E-state index is 11.0. The molecule has 1 aromatic heterocycles. The fourth-order valence-electron chi connectivity index (χ4n) is 2.48. The van der Waals surface area contributed by atoms with Crippen molar-refractivity contribution in [3.8, 4) is 0 Å². The van der Waals surface area contributed by atoms with Crippen LogP contribution in [0.25, 0.3) is 0 Å². The summed E-state index contributed by atoms with van der Waals surface area (Å²) in [7, 11) is 2.17. The Morgan fingerprint density at radius 3 is 3.16 bits per heavy atom. The second-order valence-corrected chi connectivity index (χ2v) is 5.14. The van der Waals surface area contributed by atoms with Crippen molar-refractivity contribution in [3.05, 3.63) is 18.1 Å². The number of carbonyl (C=O) groups excluding carboxylic acids is 1. The van der Waals surface area contributed by atoms with Crippen LogP contribution in [0.5, 0.6) is 0 Å². The molecule has 0 spiro atoms. The van der Waals surface area contributed by atoms with E-state index in [-0.39, 0.29) is 5.69 Å². The zero-order valence-corrected chi connectivity index (χ0v) is 11.3. The van der Waals surface area contributed by atoms with Gasteiger partial charge in [-0.05, 0) is 38.8 Å². The van der Waals surface area contributed by atoms with Gasteiger partial charge < -0.3 is 16.0 Å².